The molecule has 1 saturated heterocycles. The summed E-state index contributed by atoms with van der Waals surface area (Å²) in [4.78, 5) is 0. The molecule has 1 aromatic rings. The van der Waals surface area contributed by atoms with E-state index in [0.29, 0.717) is 6.04 Å². The maximum atomic E-state index is 5.90. The van der Waals surface area contributed by atoms with E-state index in [4.69, 9.17) is 11.6 Å². The van der Waals surface area contributed by atoms with Crippen molar-refractivity contribution in [2.45, 2.75) is 25.8 Å². The number of anilines is 1. The van der Waals surface area contributed by atoms with Crippen molar-refractivity contribution in [3.63, 3.8) is 0 Å². The Hall–Kier alpha value is -0.730. The van der Waals surface area contributed by atoms with E-state index in [2.05, 4.69) is 17.6 Å². The second-order valence-corrected chi connectivity index (χ2v) is 4.57. The summed E-state index contributed by atoms with van der Waals surface area (Å²) in [5.74, 6) is 0. The Morgan fingerprint density at radius 3 is 3.07 bits per heavy atom. The molecule has 1 fully saturated rings. The van der Waals surface area contributed by atoms with Crippen LogP contribution in [-0.4, -0.2) is 19.1 Å². The van der Waals surface area contributed by atoms with Gasteiger partial charge in [0.15, 0.2) is 0 Å². The second-order valence-electron chi connectivity index (χ2n) is 4.13. The van der Waals surface area contributed by atoms with Crippen molar-refractivity contribution in [3.05, 3.63) is 28.8 Å². The van der Waals surface area contributed by atoms with E-state index < -0.39 is 0 Å². The normalized spacial score (nSPS) is 20.5. The van der Waals surface area contributed by atoms with Crippen LogP contribution in [0.15, 0.2) is 18.2 Å². The Bertz CT molecular complexity index is 332. The fourth-order valence-electron chi connectivity index (χ4n) is 1.99. The van der Waals surface area contributed by atoms with Gasteiger partial charge in [0.25, 0.3) is 0 Å². The fourth-order valence-corrected chi connectivity index (χ4v) is 2.22. The molecule has 1 aliphatic heterocycles. The van der Waals surface area contributed by atoms with Gasteiger partial charge in [0, 0.05) is 23.3 Å². The minimum atomic E-state index is 0.625. The van der Waals surface area contributed by atoms with Crippen LogP contribution in [0.5, 0.6) is 0 Å². The summed E-state index contributed by atoms with van der Waals surface area (Å²) in [6, 6.07) is 6.59. The molecular formula is C12H17ClN2. The molecule has 0 radical (unpaired) electrons. The molecule has 82 valence electrons. The van der Waals surface area contributed by atoms with Crippen LogP contribution >= 0.6 is 11.6 Å². The minimum Gasteiger partial charge on any atom is -0.383 e. The minimum absolute atomic E-state index is 0.625. The number of hydrogen-bond donors (Lipinski definition) is 2. The van der Waals surface area contributed by atoms with Crippen molar-refractivity contribution < 1.29 is 0 Å². The molecule has 1 aromatic carbocycles. The van der Waals surface area contributed by atoms with E-state index in [1.807, 2.05) is 18.2 Å². The molecule has 1 atom stereocenters. The molecule has 2 rings (SSSR count). The van der Waals surface area contributed by atoms with Gasteiger partial charge in [0.1, 0.15) is 0 Å². The number of hydrogen-bond acceptors (Lipinski definition) is 2. The third-order valence-electron chi connectivity index (χ3n) is 2.89. The van der Waals surface area contributed by atoms with Gasteiger partial charge < -0.3 is 10.6 Å². The van der Waals surface area contributed by atoms with Gasteiger partial charge in [-0.25, -0.2) is 0 Å². The third kappa shape index (κ3) is 2.86. The lowest BCUT2D eigenvalue weighted by atomic mass is 10.2. The van der Waals surface area contributed by atoms with Crippen molar-refractivity contribution >= 4 is 17.3 Å². The van der Waals surface area contributed by atoms with Crippen LogP contribution in [0.1, 0.15) is 18.4 Å². The first kappa shape index (κ1) is 10.8. The standard InChI is InChI=1S/C12H17ClN2/c1-9-7-10(13)4-5-12(9)15-8-11-3-2-6-14-11/h4-5,7,11,14-15H,2-3,6,8H2,1H3/t11-/m1/s1. The predicted octanol–water partition coefficient (Wildman–Crippen LogP) is 2.81. The van der Waals surface area contributed by atoms with Crippen LogP contribution < -0.4 is 10.6 Å². The molecule has 1 heterocycles. The van der Waals surface area contributed by atoms with Crippen LogP contribution in [-0.2, 0) is 0 Å². The first-order valence-corrected chi connectivity index (χ1v) is 5.87. The maximum absolute atomic E-state index is 5.90. The van der Waals surface area contributed by atoms with Gasteiger partial charge >= 0.3 is 0 Å². The first-order valence-electron chi connectivity index (χ1n) is 5.49. The molecule has 15 heavy (non-hydrogen) atoms. The molecule has 0 spiro atoms. The number of rotatable bonds is 3. The van der Waals surface area contributed by atoms with E-state index in [1.165, 1.54) is 24.1 Å². The number of nitrogens with one attached hydrogen (secondary N) is 2. The van der Waals surface area contributed by atoms with Crippen LogP contribution in [0, 0.1) is 6.92 Å². The lowest BCUT2D eigenvalue weighted by molar-refractivity contribution is 0.633. The number of benzene rings is 1. The SMILES string of the molecule is Cc1cc(Cl)ccc1NC[C@H]1CCCN1. The van der Waals surface area contributed by atoms with Crippen molar-refractivity contribution in [2.75, 3.05) is 18.4 Å². The van der Waals surface area contributed by atoms with Gasteiger partial charge in [-0.05, 0) is 50.1 Å². The summed E-state index contributed by atoms with van der Waals surface area (Å²) in [6.45, 7) is 4.24. The van der Waals surface area contributed by atoms with Crippen LogP contribution in [0.25, 0.3) is 0 Å². The molecular weight excluding hydrogens is 208 g/mol. The van der Waals surface area contributed by atoms with E-state index in [0.717, 1.165) is 18.1 Å². The zero-order chi connectivity index (χ0) is 10.7. The second kappa shape index (κ2) is 4.86. The highest BCUT2D eigenvalue weighted by atomic mass is 35.5. The number of aryl methyl sites for hydroxylation is 1. The summed E-state index contributed by atoms with van der Waals surface area (Å²) in [5.41, 5.74) is 2.40. The van der Waals surface area contributed by atoms with Gasteiger partial charge in [-0.15, -0.1) is 0 Å². The largest absolute Gasteiger partial charge is 0.383 e. The van der Waals surface area contributed by atoms with E-state index in [-0.39, 0.29) is 0 Å². The van der Waals surface area contributed by atoms with Crippen molar-refractivity contribution in [3.8, 4) is 0 Å². The van der Waals surface area contributed by atoms with Crippen LogP contribution in [0.4, 0.5) is 5.69 Å². The van der Waals surface area contributed by atoms with Gasteiger partial charge in [0.05, 0.1) is 0 Å². The maximum Gasteiger partial charge on any atom is 0.0410 e. The zero-order valence-electron chi connectivity index (χ0n) is 9.02. The Labute approximate surface area is 96.0 Å². The third-order valence-corrected chi connectivity index (χ3v) is 3.12. The van der Waals surface area contributed by atoms with Crippen molar-refractivity contribution in [1.29, 1.82) is 0 Å². The smallest absolute Gasteiger partial charge is 0.0410 e. The Morgan fingerprint density at radius 2 is 2.40 bits per heavy atom. The van der Waals surface area contributed by atoms with E-state index >= 15 is 0 Å². The molecule has 0 aromatic heterocycles. The summed E-state index contributed by atoms with van der Waals surface area (Å²) in [7, 11) is 0. The Kier molecular flexibility index (Phi) is 3.49. The number of halogens is 1. The quantitative estimate of drug-likeness (QED) is 0.825. The molecule has 0 aliphatic carbocycles. The Balaban J connectivity index is 1.92. The average Bonchev–Trinajstić information content (AvgIpc) is 2.69. The molecule has 0 amide bonds. The summed E-state index contributed by atoms with van der Waals surface area (Å²) >= 11 is 5.90. The topological polar surface area (TPSA) is 24.1 Å². The van der Waals surface area contributed by atoms with Crippen molar-refractivity contribution in [1.82, 2.24) is 5.32 Å². The predicted molar refractivity (Wildman–Crippen MR) is 65.7 cm³/mol. The monoisotopic (exact) mass is 224 g/mol. The molecule has 2 N–H and O–H groups in total. The molecule has 0 bridgehead atoms. The summed E-state index contributed by atoms with van der Waals surface area (Å²) in [5, 5.41) is 7.73. The molecule has 3 heteroatoms. The van der Waals surface area contributed by atoms with Crippen LogP contribution in [0.2, 0.25) is 5.02 Å². The van der Waals surface area contributed by atoms with Gasteiger partial charge in [0.2, 0.25) is 0 Å². The molecule has 0 saturated carbocycles. The lowest BCUT2D eigenvalue weighted by Gasteiger charge is -2.14. The zero-order valence-corrected chi connectivity index (χ0v) is 9.77. The van der Waals surface area contributed by atoms with Crippen molar-refractivity contribution in [2.24, 2.45) is 0 Å². The first-order chi connectivity index (χ1) is 7.25. The fraction of sp³-hybridized carbons (Fsp3) is 0.500. The van der Waals surface area contributed by atoms with E-state index in [9.17, 15) is 0 Å². The molecule has 1 aliphatic rings. The Morgan fingerprint density at radius 1 is 1.53 bits per heavy atom. The van der Waals surface area contributed by atoms with Gasteiger partial charge in [-0.2, -0.15) is 0 Å². The van der Waals surface area contributed by atoms with Gasteiger partial charge in [-0.1, -0.05) is 11.6 Å². The highest BCUT2D eigenvalue weighted by Crippen LogP contribution is 2.19. The highest BCUT2D eigenvalue weighted by Gasteiger charge is 2.13. The average molecular weight is 225 g/mol. The lowest BCUT2D eigenvalue weighted by Crippen LogP contribution is -2.29. The summed E-state index contributed by atoms with van der Waals surface area (Å²) < 4.78 is 0. The molecule has 2 nitrogen and oxygen atoms in total. The molecule has 0 unspecified atom stereocenters. The summed E-state index contributed by atoms with van der Waals surface area (Å²) in [6.07, 6.45) is 2.57. The van der Waals surface area contributed by atoms with E-state index in [1.54, 1.807) is 0 Å². The van der Waals surface area contributed by atoms with Gasteiger partial charge in [-0.3, -0.25) is 0 Å². The van der Waals surface area contributed by atoms with Crippen LogP contribution in [0.3, 0.4) is 0 Å². The highest BCUT2D eigenvalue weighted by molar-refractivity contribution is 6.30.